The van der Waals surface area contributed by atoms with E-state index in [2.05, 4.69) is 4.98 Å². The summed E-state index contributed by atoms with van der Waals surface area (Å²) in [5.74, 6) is -0.503. The summed E-state index contributed by atoms with van der Waals surface area (Å²) in [4.78, 5) is 38.9. The first kappa shape index (κ1) is 16.8. The zero-order valence-corrected chi connectivity index (χ0v) is 13.2. The maximum absolute atomic E-state index is 12.5. The zero-order valence-electron chi connectivity index (χ0n) is 13.2. The predicted molar refractivity (Wildman–Crippen MR) is 79.3 cm³/mol. The van der Waals surface area contributed by atoms with E-state index in [4.69, 9.17) is 9.47 Å². The highest BCUT2D eigenvalue weighted by molar-refractivity contribution is 5.72. The summed E-state index contributed by atoms with van der Waals surface area (Å²) in [6.45, 7) is 0.0484. The minimum Gasteiger partial charge on any atom is -0.390 e. The van der Waals surface area contributed by atoms with E-state index in [0.29, 0.717) is 0 Å². The second-order valence-electron chi connectivity index (χ2n) is 4.89. The molecule has 0 saturated heterocycles. The van der Waals surface area contributed by atoms with Crippen LogP contribution >= 0.6 is 0 Å². The molecule has 0 bridgehead atoms. The molecule has 0 fully saturated rings. The Kier molecular flexibility index (Phi) is 4.61. The Morgan fingerprint density at radius 1 is 1.22 bits per heavy atom. The van der Waals surface area contributed by atoms with Gasteiger partial charge < -0.3 is 19.6 Å². The van der Waals surface area contributed by atoms with Gasteiger partial charge in [-0.15, -0.1) is 0 Å². The predicted octanol–water partition coefficient (Wildman–Crippen LogP) is -0.649. The summed E-state index contributed by atoms with van der Waals surface area (Å²) < 4.78 is 13.2. The standard InChI is InChI=1S/C12H17N5O6/c1-14-8-9(13-11(14)17(20)21)15(2)12(19)16(10(8)18)6-5-7(22-3)23-4/h7H,5-6H2,1-4H3. The molecule has 2 rings (SSSR count). The third-order valence-corrected chi connectivity index (χ3v) is 3.61. The van der Waals surface area contributed by atoms with Gasteiger partial charge in [-0.05, 0) is 9.91 Å². The molecule has 0 aliphatic heterocycles. The lowest BCUT2D eigenvalue weighted by Gasteiger charge is -2.13. The van der Waals surface area contributed by atoms with Crippen LogP contribution in [-0.2, 0) is 30.1 Å². The van der Waals surface area contributed by atoms with Crippen molar-refractivity contribution in [1.29, 1.82) is 0 Å². The number of imidazole rings is 1. The van der Waals surface area contributed by atoms with E-state index < -0.39 is 28.4 Å². The average molecular weight is 327 g/mol. The molecule has 0 aliphatic rings. The Morgan fingerprint density at radius 2 is 1.83 bits per heavy atom. The van der Waals surface area contributed by atoms with Crippen LogP contribution < -0.4 is 11.2 Å². The molecule has 0 saturated carbocycles. The summed E-state index contributed by atoms with van der Waals surface area (Å²) in [6.07, 6.45) is -0.295. The highest BCUT2D eigenvalue weighted by atomic mass is 16.7. The van der Waals surface area contributed by atoms with E-state index in [0.717, 1.165) is 13.7 Å². The lowest BCUT2D eigenvalue weighted by molar-refractivity contribution is -0.396. The van der Waals surface area contributed by atoms with Gasteiger partial charge >= 0.3 is 11.6 Å². The van der Waals surface area contributed by atoms with Gasteiger partial charge in [-0.25, -0.2) is 9.36 Å². The molecule has 2 aromatic rings. The minimum absolute atomic E-state index is 0.00909. The van der Waals surface area contributed by atoms with Crippen molar-refractivity contribution >= 4 is 17.1 Å². The summed E-state index contributed by atoms with van der Waals surface area (Å²) in [5.41, 5.74) is -1.29. The third-order valence-electron chi connectivity index (χ3n) is 3.61. The molecule has 0 radical (unpaired) electrons. The van der Waals surface area contributed by atoms with Gasteiger partial charge in [0.2, 0.25) is 5.52 Å². The average Bonchev–Trinajstić information content (AvgIpc) is 2.87. The molecule has 126 valence electrons. The topological polar surface area (TPSA) is 123 Å². The number of aryl methyl sites for hydroxylation is 2. The fraction of sp³-hybridized carbons (Fsp3) is 0.583. The van der Waals surface area contributed by atoms with Crippen LogP contribution in [0, 0.1) is 10.1 Å². The number of hydrogen-bond donors (Lipinski definition) is 0. The van der Waals surface area contributed by atoms with Crippen LogP contribution in [0.25, 0.3) is 11.2 Å². The lowest BCUT2D eigenvalue weighted by Crippen LogP contribution is -2.40. The van der Waals surface area contributed by atoms with Crippen LogP contribution in [0.4, 0.5) is 5.95 Å². The number of nitrogens with zero attached hydrogens (tertiary/aromatic N) is 5. The quantitative estimate of drug-likeness (QED) is 0.392. The second kappa shape index (κ2) is 6.30. The number of ether oxygens (including phenoxy) is 2. The number of methoxy groups -OCH3 is 2. The molecule has 0 aromatic carbocycles. The summed E-state index contributed by atoms with van der Waals surface area (Å²) in [6, 6.07) is 0. The molecule has 0 aliphatic carbocycles. The summed E-state index contributed by atoms with van der Waals surface area (Å²) in [5, 5.41) is 11.0. The normalized spacial score (nSPS) is 11.5. The summed E-state index contributed by atoms with van der Waals surface area (Å²) >= 11 is 0. The second-order valence-corrected chi connectivity index (χ2v) is 4.89. The molecule has 11 nitrogen and oxygen atoms in total. The van der Waals surface area contributed by atoms with Gasteiger partial charge in [0.25, 0.3) is 11.2 Å². The number of nitro groups is 1. The van der Waals surface area contributed by atoms with Crippen LogP contribution in [0.15, 0.2) is 9.59 Å². The van der Waals surface area contributed by atoms with E-state index in [1.807, 2.05) is 0 Å². The van der Waals surface area contributed by atoms with Gasteiger partial charge in [-0.2, -0.15) is 0 Å². The van der Waals surface area contributed by atoms with Crippen molar-refractivity contribution in [2.75, 3.05) is 14.2 Å². The monoisotopic (exact) mass is 327 g/mol. The fourth-order valence-corrected chi connectivity index (χ4v) is 2.36. The van der Waals surface area contributed by atoms with E-state index in [1.165, 1.54) is 28.3 Å². The van der Waals surface area contributed by atoms with Gasteiger partial charge in [0.1, 0.15) is 0 Å². The molecule has 0 unspecified atom stereocenters. The molecular weight excluding hydrogens is 310 g/mol. The van der Waals surface area contributed by atoms with Gasteiger partial charge in [-0.1, -0.05) is 0 Å². The SMILES string of the molecule is COC(CCn1c(=O)c2c(nc([N+](=O)[O-])n2C)n(C)c1=O)OC. The van der Waals surface area contributed by atoms with Crippen molar-refractivity contribution in [3.8, 4) is 0 Å². The van der Waals surface area contributed by atoms with E-state index in [9.17, 15) is 19.7 Å². The Bertz CT molecular complexity index is 859. The zero-order chi connectivity index (χ0) is 17.3. The molecule has 23 heavy (non-hydrogen) atoms. The van der Waals surface area contributed by atoms with Gasteiger partial charge in [0.05, 0.1) is 7.05 Å². The van der Waals surface area contributed by atoms with Crippen LogP contribution in [-0.4, -0.2) is 44.1 Å². The lowest BCUT2D eigenvalue weighted by atomic mass is 10.4. The smallest absolute Gasteiger partial charge is 0.390 e. The third kappa shape index (κ3) is 2.75. The highest BCUT2D eigenvalue weighted by Gasteiger charge is 2.26. The number of hydrogen-bond acceptors (Lipinski definition) is 7. The number of fused-ring (bicyclic) bond motifs is 1. The molecule has 0 amide bonds. The van der Waals surface area contributed by atoms with Crippen molar-refractivity contribution in [3.05, 3.63) is 31.0 Å². The minimum atomic E-state index is -0.708. The first-order chi connectivity index (χ1) is 10.8. The molecule has 2 heterocycles. The van der Waals surface area contributed by atoms with E-state index in [-0.39, 0.29) is 24.1 Å². The first-order valence-electron chi connectivity index (χ1n) is 6.69. The largest absolute Gasteiger partial charge is 0.437 e. The molecular formula is C12H17N5O6. The Balaban J connectivity index is 2.64. The summed E-state index contributed by atoms with van der Waals surface area (Å²) in [7, 11) is 5.66. The van der Waals surface area contributed by atoms with Crippen LogP contribution in [0.1, 0.15) is 6.42 Å². The van der Waals surface area contributed by atoms with E-state index in [1.54, 1.807) is 0 Å². The first-order valence-corrected chi connectivity index (χ1v) is 6.69. The van der Waals surface area contributed by atoms with Gasteiger partial charge in [0.15, 0.2) is 6.29 Å². The van der Waals surface area contributed by atoms with E-state index >= 15 is 0 Å². The van der Waals surface area contributed by atoms with Crippen LogP contribution in [0.3, 0.4) is 0 Å². The maximum Gasteiger partial charge on any atom is 0.437 e. The molecule has 2 aromatic heterocycles. The molecule has 11 heteroatoms. The fourth-order valence-electron chi connectivity index (χ4n) is 2.36. The Labute approximate surface area is 129 Å². The van der Waals surface area contributed by atoms with Crippen molar-refractivity contribution in [3.63, 3.8) is 0 Å². The highest BCUT2D eigenvalue weighted by Crippen LogP contribution is 2.15. The molecule has 0 atom stereocenters. The maximum atomic E-state index is 12.5. The van der Waals surface area contributed by atoms with Crippen molar-refractivity contribution < 1.29 is 14.4 Å². The van der Waals surface area contributed by atoms with Crippen molar-refractivity contribution in [2.24, 2.45) is 14.1 Å². The molecule has 0 N–H and O–H groups in total. The number of rotatable bonds is 6. The van der Waals surface area contributed by atoms with Crippen molar-refractivity contribution in [2.45, 2.75) is 19.3 Å². The van der Waals surface area contributed by atoms with Crippen LogP contribution in [0.2, 0.25) is 0 Å². The van der Waals surface area contributed by atoms with Gasteiger partial charge in [0, 0.05) is 34.2 Å². The van der Waals surface area contributed by atoms with Crippen LogP contribution in [0.5, 0.6) is 0 Å². The Hall–Kier alpha value is -2.53. The van der Waals surface area contributed by atoms with Crippen molar-refractivity contribution in [1.82, 2.24) is 18.7 Å². The van der Waals surface area contributed by atoms with Gasteiger partial charge in [-0.3, -0.25) is 13.9 Å². The Morgan fingerprint density at radius 3 is 2.35 bits per heavy atom. The number of aromatic nitrogens is 4. The molecule has 0 spiro atoms.